The Labute approximate surface area is 175 Å². The minimum atomic E-state index is -9.74. The molecule has 1 heterocycles. The third kappa shape index (κ3) is 5.03. The zero-order valence-corrected chi connectivity index (χ0v) is 17.6. The summed E-state index contributed by atoms with van der Waals surface area (Å²) in [4.78, 5) is 6.38. The van der Waals surface area contributed by atoms with Gasteiger partial charge in [0.2, 0.25) is 0 Å². The Bertz CT molecular complexity index is 1190. The molecule has 2 aromatic carbocycles. The van der Waals surface area contributed by atoms with E-state index in [9.17, 15) is 24.0 Å². The van der Waals surface area contributed by atoms with Crippen molar-refractivity contribution in [1.82, 2.24) is 9.97 Å². The van der Waals surface area contributed by atoms with E-state index in [0.29, 0.717) is 28.7 Å². The molecule has 164 valence electrons. The number of hydrogen-bond acceptors (Lipinski definition) is 4. The van der Waals surface area contributed by atoms with Gasteiger partial charge in [-0.2, -0.15) is 0 Å². The lowest BCUT2D eigenvalue weighted by Gasteiger charge is -2.40. The third-order valence-electron chi connectivity index (χ3n) is 4.35. The molecule has 31 heavy (non-hydrogen) atoms. The van der Waals surface area contributed by atoms with Crippen LogP contribution >= 0.6 is 17.4 Å². The molecule has 3 rings (SSSR count). The van der Waals surface area contributed by atoms with Gasteiger partial charge in [-0.3, -0.25) is 4.98 Å². The number of halogens is 5. The maximum atomic E-state index is 12.9. The first-order chi connectivity index (χ1) is 14.3. The monoisotopic (exact) mass is 473 g/mol. The van der Waals surface area contributed by atoms with E-state index in [-0.39, 0.29) is 11.5 Å². The fraction of sp³-hybridized carbons (Fsp3) is 0. The number of nitrogens with zero attached hydrogens (tertiary/aromatic N) is 2. The summed E-state index contributed by atoms with van der Waals surface area (Å²) in [7, 11) is -12.7. The van der Waals surface area contributed by atoms with Crippen molar-refractivity contribution >= 4 is 34.2 Å². The first-order valence-corrected chi connectivity index (χ1v) is 12.5. The summed E-state index contributed by atoms with van der Waals surface area (Å²) in [5.74, 6) is 2.87. The molecule has 0 aliphatic rings. The first-order valence-electron chi connectivity index (χ1n) is 8.65. The van der Waals surface area contributed by atoms with Crippen molar-refractivity contribution in [3.63, 3.8) is 0 Å². The van der Waals surface area contributed by atoms with Gasteiger partial charge in [-0.1, -0.05) is 56.9 Å². The van der Waals surface area contributed by atoms with E-state index in [4.69, 9.17) is 0 Å². The van der Waals surface area contributed by atoms with Gasteiger partial charge < -0.3 is 9.88 Å². The molecule has 0 fully saturated rings. The molecule has 1 aromatic heterocycles. The fourth-order valence-electron chi connectivity index (χ4n) is 2.71. The molecule has 0 unspecified atom stereocenters. The Morgan fingerprint density at radius 1 is 0.839 bits per heavy atom. The van der Waals surface area contributed by atoms with E-state index in [1.54, 1.807) is 24.3 Å². The average molecular weight is 473 g/mol. The first kappa shape index (κ1) is 22.7. The smallest absolute Gasteiger partial charge is 0.310 e. The molecule has 0 atom stereocenters. The van der Waals surface area contributed by atoms with Gasteiger partial charge in [0.15, 0.2) is 13.0 Å². The number of nitrogens with one attached hydrogen (secondary N) is 1. The molecule has 3 aromatic rings. The highest BCUT2D eigenvalue weighted by Gasteiger charge is 2.65. The third-order valence-corrected chi connectivity index (χ3v) is 7.70. The van der Waals surface area contributed by atoms with Crippen LogP contribution in [0.3, 0.4) is 0 Å². The Balaban J connectivity index is 1.92. The number of anilines is 2. The second-order valence-electron chi connectivity index (χ2n) is 6.49. The molecule has 0 radical (unpaired) electrons. The number of aromatic nitrogens is 2. The van der Waals surface area contributed by atoms with Gasteiger partial charge in [-0.15, -0.1) is 0 Å². The molecule has 0 saturated heterocycles. The highest BCUT2D eigenvalue weighted by atomic mass is 32.5. The van der Waals surface area contributed by atoms with Crippen LogP contribution in [0.5, 0.6) is 0 Å². The van der Waals surface area contributed by atoms with E-state index in [2.05, 4.69) is 28.4 Å². The van der Waals surface area contributed by atoms with Gasteiger partial charge in [0.25, 0.3) is 0 Å². The van der Waals surface area contributed by atoms with E-state index >= 15 is 0 Å². The summed E-state index contributed by atoms with van der Waals surface area (Å²) >= 11 is 0. The van der Waals surface area contributed by atoms with Crippen LogP contribution in [-0.2, 0) is 4.57 Å². The van der Waals surface area contributed by atoms with Crippen LogP contribution in [-0.4, -0.2) is 9.97 Å². The number of rotatable bonds is 7. The van der Waals surface area contributed by atoms with E-state index in [1.165, 1.54) is 24.0 Å². The van der Waals surface area contributed by atoms with Crippen LogP contribution in [0.1, 0.15) is 0 Å². The highest BCUT2D eigenvalue weighted by molar-refractivity contribution is 8.45. The van der Waals surface area contributed by atoms with E-state index < -0.39 is 22.3 Å². The van der Waals surface area contributed by atoms with Crippen LogP contribution in [0.4, 0.5) is 30.9 Å². The van der Waals surface area contributed by atoms with Crippen LogP contribution in [0, 0.1) is 0 Å². The quantitative estimate of drug-likeness (QED) is 0.281. The Kier molecular flexibility index (Phi) is 5.15. The molecule has 0 bridgehead atoms. The number of benzene rings is 2. The van der Waals surface area contributed by atoms with Crippen molar-refractivity contribution in [2.24, 2.45) is 0 Å². The molecular formula is C20H17F5N3OPS. The summed E-state index contributed by atoms with van der Waals surface area (Å²) in [6.45, 7) is 7.14. The summed E-state index contributed by atoms with van der Waals surface area (Å²) in [5, 5.41) is 3.30. The summed E-state index contributed by atoms with van der Waals surface area (Å²) < 4.78 is 77.1. The van der Waals surface area contributed by atoms with Crippen LogP contribution in [0.15, 0.2) is 90.6 Å². The molecule has 0 saturated carbocycles. The van der Waals surface area contributed by atoms with Gasteiger partial charge in [0.05, 0.1) is 0 Å². The lowest BCUT2D eigenvalue weighted by Crippen LogP contribution is -2.06. The molecular weight excluding hydrogens is 456 g/mol. The normalized spacial score (nSPS) is 14.2. The zero-order chi connectivity index (χ0) is 23.0. The number of hydrogen-bond donors (Lipinski definition) is 1. The van der Waals surface area contributed by atoms with Crippen LogP contribution in [0.25, 0.3) is 11.3 Å². The van der Waals surface area contributed by atoms with Crippen molar-refractivity contribution in [3.8, 4) is 11.3 Å². The minimum Gasteiger partial charge on any atom is -0.338 e. The second kappa shape index (κ2) is 7.03. The van der Waals surface area contributed by atoms with Gasteiger partial charge in [0, 0.05) is 28.9 Å². The van der Waals surface area contributed by atoms with Crippen molar-refractivity contribution in [1.29, 1.82) is 0 Å². The molecule has 0 spiro atoms. The minimum absolute atomic E-state index is 0.117. The molecule has 0 aliphatic heterocycles. The van der Waals surface area contributed by atoms with Gasteiger partial charge >= 0.3 is 10.2 Å². The maximum absolute atomic E-state index is 12.9. The lowest BCUT2D eigenvalue weighted by atomic mass is 10.1. The van der Waals surface area contributed by atoms with Crippen molar-refractivity contribution in [2.45, 2.75) is 4.90 Å². The topological polar surface area (TPSA) is 54.9 Å². The van der Waals surface area contributed by atoms with E-state index in [0.717, 1.165) is 12.1 Å². The Morgan fingerprint density at radius 3 is 1.90 bits per heavy atom. The zero-order valence-electron chi connectivity index (χ0n) is 15.9. The molecule has 11 heteroatoms. The molecule has 0 amide bonds. The summed E-state index contributed by atoms with van der Waals surface area (Å²) in [6.07, 6.45) is 2.79. The summed E-state index contributed by atoms with van der Waals surface area (Å²) in [6, 6.07) is 8.97. The molecule has 0 aliphatic carbocycles. The van der Waals surface area contributed by atoms with Crippen LogP contribution in [0.2, 0.25) is 0 Å². The lowest BCUT2D eigenvalue weighted by molar-refractivity contribution is 0.364. The molecule has 4 nitrogen and oxygen atoms in total. The SMILES string of the molecule is C=CP(=O)(C=C)c1ccc(-c2nccnc2Nc2ccc(S(F)(F)(F)(F)F)cc2)cc1. The standard InChI is InChI=1S/C20H17F5N3OPS/c1-3-30(29,4-2)17-9-5-15(6-10-17)19-20(27-14-13-26-19)28-16-7-11-18(12-8-16)31(21,22,23,24)25/h3-14H,1-2H2,(H,27,28). The predicted molar refractivity (Wildman–Crippen MR) is 116 cm³/mol. The Hall–Kier alpha value is -2.97. The summed E-state index contributed by atoms with van der Waals surface area (Å²) in [5.41, 5.74) is 1.06. The van der Waals surface area contributed by atoms with Crippen molar-refractivity contribution in [3.05, 3.63) is 85.7 Å². The fourth-order valence-corrected chi connectivity index (χ4v) is 4.55. The Morgan fingerprint density at radius 2 is 1.39 bits per heavy atom. The van der Waals surface area contributed by atoms with Crippen molar-refractivity contribution in [2.75, 3.05) is 5.32 Å². The maximum Gasteiger partial charge on any atom is 0.310 e. The van der Waals surface area contributed by atoms with E-state index in [1.807, 2.05) is 0 Å². The van der Waals surface area contributed by atoms with Crippen molar-refractivity contribution < 1.29 is 24.0 Å². The van der Waals surface area contributed by atoms with Gasteiger partial charge in [-0.05, 0) is 35.9 Å². The molecule has 1 N–H and O–H groups in total. The highest BCUT2D eigenvalue weighted by Crippen LogP contribution is 3.02. The largest absolute Gasteiger partial charge is 0.338 e. The average Bonchev–Trinajstić information content (AvgIpc) is 2.72. The van der Waals surface area contributed by atoms with Gasteiger partial charge in [-0.25, -0.2) is 4.98 Å². The van der Waals surface area contributed by atoms with Gasteiger partial charge in [0.1, 0.15) is 10.6 Å². The predicted octanol–water partition coefficient (Wildman–Crippen LogP) is 7.82. The van der Waals surface area contributed by atoms with Crippen LogP contribution < -0.4 is 10.6 Å². The second-order valence-corrected chi connectivity index (χ2v) is 11.6.